The highest BCUT2D eigenvalue weighted by Gasteiger charge is 2.02. The number of aliphatic imine (C=N–C) groups is 2. The summed E-state index contributed by atoms with van der Waals surface area (Å²) in [5.41, 5.74) is -0.124. The Kier molecular flexibility index (Phi) is 6.84. The van der Waals surface area contributed by atoms with Crippen LogP contribution in [-0.4, -0.2) is 38.3 Å². The molecule has 0 rings (SSSR count). The van der Waals surface area contributed by atoms with E-state index in [1.807, 2.05) is 0 Å². The van der Waals surface area contributed by atoms with Crippen molar-refractivity contribution >= 4 is 12.7 Å². The standard InChI is InChI=1S/C10H13N5O/c1-4-16-8-14-10(6-12)9(5-11)13-7-15(2)3/h7-8H,4H2,1-3H3/b10-9-,13-7?,14-8?. The van der Waals surface area contributed by atoms with Gasteiger partial charge >= 0.3 is 0 Å². The van der Waals surface area contributed by atoms with Crippen LogP contribution in [0, 0.1) is 22.7 Å². The van der Waals surface area contributed by atoms with Crippen LogP contribution in [0.2, 0.25) is 0 Å². The average Bonchev–Trinajstić information content (AvgIpc) is 2.27. The van der Waals surface area contributed by atoms with Gasteiger partial charge in [0, 0.05) is 14.1 Å². The molecule has 0 atom stereocenters. The van der Waals surface area contributed by atoms with Crippen molar-refractivity contribution in [2.45, 2.75) is 6.92 Å². The van der Waals surface area contributed by atoms with Gasteiger partial charge < -0.3 is 9.64 Å². The molecule has 0 N–H and O–H groups in total. The first-order valence-electron chi connectivity index (χ1n) is 4.54. The Morgan fingerprint density at radius 2 is 1.81 bits per heavy atom. The van der Waals surface area contributed by atoms with Crippen LogP contribution in [0.3, 0.4) is 0 Å². The van der Waals surface area contributed by atoms with E-state index in [0.29, 0.717) is 6.61 Å². The monoisotopic (exact) mass is 219 g/mol. The molecule has 0 aliphatic rings. The number of ether oxygens (including phenoxy) is 1. The number of allylic oxidation sites excluding steroid dienone is 2. The minimum atomic E-state index is -0.0750. The quantitative estimate of drug-likeness (QED) is 0.390. The van der Waals surface area contributed by atoms with Crippen molar-refractivity contribution in [3.63, 3.8) is 0 Å². The van der Waals surface area contributed by atoms with E-state index in [2.05, 4.69) is 9.98 Å². The number of nitriles is 2. The first kappa shape index (κ1) is 13.7. The van der Waals surface area contributed by atoms with Crippen LogP contribution in [0.5, 0.6) is 0 Å². The Balaban J connectivity index is 4.96. The Bertz CT molecular complexity index is 381. The average molecular weight is 219 g/mol. The Morgan fingerprint density at radius 1 is 1.25 bits per heavy atom. The van der Waals surface area contributed by atoms with E-state index in [0.717, 1.165) is 6.40 Å². The summed E-state index contributed by atoms with van der Waals surface area (Å²) >= 11 is 0. The van der Waals surface area contributed by atoms with E-state index in [9.17, 15) is 0 Å². The smallest absolute Gasteiger partial charge is 0.180 e. The Morgan fingerprint density at radius 3 is 2.25 bits per heavy atom. The van der Waals surface area contributed by atoms with Crippen LogP contribution in [-0.2, 0) is 4.74 Å². The van der Waals surface area contributed by atoms with Crippen molar-refractivity contribution < 1.29 is 4.74 Å². The van der Waals surface area contributed by atoms with Crippen molar-refractivity contribution in [2.75, 3.05) is 20.7 Å². The Hall–Kier alpha value is -2.34. The van der Waals surface area contributed by atoms with E-state index in [1.165, 1.54) is 6.34 Å². The molecule has 0 radical (unpaired) electrons. The molecule has 0 aliphatic carbocycles. The number of hydrogen-bond acceptors (Lipinski definition) is 5. The van der Waals surface area contributed by atoms with E-state index >= 15 is 0 Å². The predicted octanol–water partition coefficient (Wildman–Crippen LogP) is 0.900. The summed E-state index contributed by atoms with van der Waals surface area (Å²) in [6, 6.07) is 3.58. The highest BCUT2D eigenvalue weighted by molar-refractivity contribution is 5.59. The molecule has 0 heterocycles. The van der Waals surface area contributed by atoms with Crippen LogP contribution in [0.4, 0.5) is 0 Å². The van der Waals surface area contributed by atoms with E-state index < -0.39 is 0 Å². The van der Waals surface area contributed by atoms with Crippen LogP contribution in [0.1, 0.15) is 6.92 Å². The van der Waals surface area contributed by atoms with Crippen molar-refractivity contribution in [3.8, 4) is 12.1 Å². The van der Waals surface area contributed by atoms with Crippen molar-refractivity contribution in [1.82, 2.24) is 4.90 Å². The molecule has 0 aromatic rings. The van der Waals surface area contributed by atoms with Crippen LogP contribution >= 0.6 is 0 Å². The van der Waals surface area contributed by atoms with Gasteiger partial charge in [0.1, 0.15) is 12.1 Å². The third-order valence-electron chi connectivity index (χ3n) is 1.28. The molecule has 0 aliphatic heterocycles. The molecule has 0 amide bonds. The minimum absolute atomic E-state index is 0.0489. The normalized spacial score (nSPS) is 12.1. The van der Waals surface area contributed by atoms with Gasteiger partial charge in [0.15, 0.2) is 17.8 Å². The Labute approximate surface area is 94.8 Å². The molecule has 0 saturated carbocycles. The van der Waals surface area contributed by atoms with Gasteiger partial charge in [0.25, 0.3) is 0 Å². The van der Waals surface area contributed by atoms with Crippen molar-refractivity contribution in [2.24, 2.45) is 9.98 Å². The maximum Gasteiger partial charge on any atom is 0.180 e. The van der Waals surface area contributed by atoms with Crippen molar-refractivity contribution in [3.05, 3.63) is 11.4 Å². The predicted molar refractivity (Wildman–Crippen MR) is 60.5 cm³/mol. The molecule has 6 heteroatoms. The topological polar surface area (TPSA) is 84.8 Å². The van der Waals surface area contributed by atoms with Crippen LogP contribution < -0.4 is 0 Å². The van der Waals surface area contributed by atoms with Gasteiger partial charge in [-0.25, -0.2) is 9.98 Å². The molecule has 0 fully saturated rings. The lowest BCUT2D eigenvalue weighted by atomic mass is 10.4. The van der Waals surface area contributed by atoms with E-state index in [4.69, 9.17) is 15.3 Å². The summed E-state index contributed by atoms with van der Waals surface area (Å²) in [5.74, 6) is 0. The fourth-order valence-corrected chi connectivity index (χ4v) is 0.624. The lowest BCUT2D eigenvalue weighted by Crippen LogP contribution is -2.07. The summed E-state index contributed by atoms with van der Waals surface area (Å²) < 4.78 is 4.84. The zero-order valence-corrected chi connectivity index (χ0v) is 9.51. The van der Waals surface area contributed by atoms with E-state index in [1.54, 1.807) is 38.1 Å². The first-order chi connectivity index (χ1) is 7.65. The maximum atomic E-state index is 8.79. The third kappa shape index (κ3) is 5.40. The zero-order chi connectivity index (χ0) is 12.4. The number of rotatable bonds is 5. The summed E-state index contributed by atoms with van der Waals surface area (Å²) in [6.45, 7) is 2.24. The van der Waals surface area contributed by atoms with Gasteiger partial charge in [0.05, 0.1) is 12.9 Å². The molecule has 0 spiro atoms. The maximum absolute atomic E-state index is 8.79. The van der Waals surface area contributed by atoms with Gasteiger partial charge in [0.2, 0.25) is 0 Å². The zero-order valence-electron chi connectivity index (χ0n) is 9.51. The second-order valence-electron chi connectivity index (χ2n) is 2.82. The minimum Gasteiger partial charge on any atom is -0.483 e. The van der Waals surface area contributed by atoms with Gasteiger partial charge in [-0.3, -0.25) is 0 Å². The van der Waals surface area contributed by atoms with E-state index in [-0.39, 0.29) is 11.4 Å². The molecular weight excluding hydrogens is 206 g/mol. The summed E-state index contributed by atoms with van der Waals surface area (Å²) in [7, 11) is 3.52. The number of hydrogen-bond donors (Lipinski definition) is 0. The highest BCUT2D eigenvalue weighted by Crippen LogP contribution is 2.05. The summed E-state index contributed by atoms with van der Waals surface area (Å²) in [4.78, 5) is 9.17. The van der Waals surface area contributed by atoms with Gasteiger partial charge in [-0.15, -0.1) is 0 Å². The summed E-state index contributed by atoms with van der Waals surface area (Å²) in [5, 5.41) is 17.6. The SMILES string of the molecule is CCOC=N/C(C#N)=C(/C#N)N=CN(C)C. The molecule has 0 unspecified atom stereocenters. The number of nitrogens with zero attached hydrogens (tertiary/aromatic N) is 5. The van der Waals surface area contributed by atoms with Crippen molar-refractivity contribution in [1.29, 1.82) is 10.5 Å². The van der Waals surface area contributed by atoms with Gasteiger partial charge in [-0.2, -0.15) is 10.5 Å². The second kappa shape index (κ2) is 8.01. The van der Waals surface area contributed by atoms with Gasteiger partial charge in [-0.1, -0.05) is 0 Å². The molecular formula is C10H13N5O. The fourth-order valence-electron chi connectivity index (χ4n) is 0.624. The second-order valence-corrected chi connectivity index (χ2v) is 2.82. The lowest BCUT2D eigenvalue weighted by Gasteiger charge is -2.01. The molecule has 0 aromatic carbocycles. The molecule has 0 aromatic heterocycles. The lowest BCUT2D eigenvalue weighted by molar-refractivity contribution is 0.343. The highest BCUT2D eigenvalue weighted by atomic mass is 16.5. The fraction of sp³-hybridized carbons (Fsp3) is 0.400. The molecule has 16 heavy (non-hydrogen) atoms. The summed E-state index contributed by atoms with van der Waals surface area (Å²) in [6.07, 6.45) is 2.55. The molecule has 6 nitrogen and oxygen atoms in total. The molecule has 84 valence electrons. The molecule has 0 saturated heterocycles. The van der Waals surface area contributed by atoms with Gasteiger partial charge in [-0.05, 0) is 6.92 Å². The van der Waals surface area contributed by atoms with Crippen LogP contribution in [0.25, 0.3) is 0 Å². The molecule has 0 bridgehead atoms. The largest absolute Gasteiger partial charge is 0.483 e. The first-order valence-corrected chi connectivity index (χ1v) is 4.54. The third-order valence-corrected chi connectivity index (χ3v) is 1.28. The van der Waals surface area contributed by atoms with Crippen LogP contribution in [0.15, 0.2) is 21.4 Å².